The van der Waals surface area contributed by atoms with Crippen molar-refractivity contribution in [3.63, 3.8) is 0 Å². The van der Waals surface area contributed by atoms with Crippen molar-refractivity contribution in [2.45, 2.75) is 9.92 Å². The Balaban J connectivity index is 2.26. The van der Waals surface area contributed by atoms with Crippen molar-refractivity contribution < 1.29 is 0 Å². The average Bonchev–Trinajstić information content (AvgIpc) is 2.27. The molecule has 2 rings (SSSR count). The van der Waals surface area contributed by atoms with E-state index in [2.05, 4.69) is 10.2 Å². The van der Waals surface area contributed by atoms with E-state index in [1.165, 1.54) is 11.8 Å². The first kappa shape index (κ1) is 11.5. The van der Waals surface area contributed by atoms with E-state index >= 15 is 0 Å². The predicted octanol–water partition coefficient (Wildman–Crippen LogP) is 3.52. The Labute approximate surface area is 107 Å². The molecule has 0 saturated carbocycles. The third-order valence-electron chi connectivity index (χ3n) is 1.77. The van der Waals surface area contributed by atoms with Crippen LogP contribution in [-0.4, -0.2) is 10.2 Å². The molecule has 16 heavy (non-hydrogen) atoms. The number of anilines is 1. The summed E-state index contributed by atoms with van der Waals surface area (Å²) in [7, 11) is 0. The molecule has 3 nitrogen and oxygen atoms in total. The lowest BCUT2D eigenvalue weighted by Crippen LogP contribution is -1.92. The zero-order valence-corrected chi connectivity index (χ0v) is 10.4. The van der Waals surface area contributed by atoms with Crippen LogP contribution in [0.2, 0.25) is 10.0 Å². The van der Waals surface area contributed by atoms with Crippen LogP contribution in [-0.2, 0) is 0 Å². The van der Waals surface area contributed by atoms with E-state index in [0.717, 1.165) is 9.92 Å². The van der Waals surface area contributed by atoms with Gasteiger partial charge in [-0.05, 0) is 30.3 Å². The highest BCUT2D eigenvalue weighted by molar-refractivity contribution is 7.99. The number of nitrogen functional groups attached to an aromatic ring is 1. The normalized spacial score (nSPS) is 10.4. The van der Waals surface area contributed by atoms with Crippen molar-refractivity contribution in [1.29, 1.82) is 0 Å². The van der Waals surface area contributed by atoms with E-state index in [0.29, 0.717) is 15.9 Å². The minimum Gasteiger partial charge on any atom is -0.382 e. The van der Waals surface area contributed by atoms with E-state index in [-0.39, 0.29) is 0 Å². The van der Waals surface area contributed by atoms with E-state index in [1.807, 2.05) is 0 Å². The highest BCUT2D eigenvalue weighted by Gasteiger charge is 2.05. The lowest BCUT2D eigenvalue weighted by molar-refractivity contribution is 0.939. The topological polar surface area (TPSA) is 51.8 Å². The fourth-order valence-corrected chi connectivity index (χ4v) is 2.32. The maximum atomic E-state index is 6.03. The summed E-state index contributed by atoms with van der Waals surface area (Å²) in [6.45, 7) is 0. The maximum absolute atomic E-state index is 6.03. The van der Waals surface area contributed by atoms with Crippen LogP contribution in [0.25, 0.3) is 0 Å². The molecule has 2 aromatic rings. The third-order valence-corrected chi connectivity index (χ3v) is 3.43. The van der Waals surface area contributed by atoms with Crippen molar-refractivity contribution in [1.82, 2.24) is 10.2 Å². The summed E-state index contributed by atoms with van der Waals surface area (Å²) in [5.74, 6) is 0.390. The second-order valence-corrected chi connectivity index (χ2v) is 4.88. The molecule has 2 N–H and O–H groups in total. The molecule has 0 saturated heterocycles. The first-order chi connectivity index (χ1) is 7.65. The van der Waals surface area contributed by atoms with Gasteiger partial charge in [0.05, 0.1) is 5.02 Å². The van der Waals surface area contributed by atoms with Crippen LogP contribution < -0.4 is 5.73 Å². The molecule has 6 heteroatoms. The number of aromatic nitrogens is 2. The summed E-state index contributed by atoms with van der Waals surface area (Å²) >= 11 is 13.3. The molecule has 0 aliphatic heterocycles. The van der Waals surface area contributed by atoms with Crippen LogP contribution in [0.5, 0.6) is 0 Å². The zero-order valence-electron chi connectivity index (χ0n) is 8.02. The zero-order chi connectivity index (χ0) is 11.5. The summed E-state index contributed by atoms with van der Waals surface area (Å²) in [6, 6.07) is 8.74. The molecule has 0 bridgehead atoms. The van der Waals surface area contributed by atoms with Crippen molar-refractivity contribution >= 4 is 40.8 Å². The molecule has 0 unspecified atom stereocenters. The van der Waals surface area contributed by atoms with Crippen LogP contribution >= 0.6 is 35.0 Å². The Morgan fingerprint density at radius 3 is 2.56 bits per heavy atom. The van der Waals surface area contributed by atoms with Crippen molar-refractivity contribution in [3.8, 4) is 0 Å². The fourth-order valence-electron chi connectivity index (χ4n) is 1.05. The molecule has 0 radical (unpaired) electrons. The average molecular weight is 272 g/mol. The molecule has 1 aromatic heterocycles. The molecule has 82 valence electrons. The SMILES string of the molecule is Nc1ccc(Sc2cc(Cl)ccc2Cl)nn1. The highest BCUT2D eigenvalue weighted by atomic mass is 35.5. The Bertz CT molecular complexity index is 502. The molecular weight excluding hydrogens is 265 g/mol. The summed E-state index contributed by atoms with van der Waals surface area (Å²) in [5.41, 5.74) is 5.44. The summed E-state index contributed by atoms with van der Waals surface area (Å²) in [4.78, 5) is 0.841. The van der Waals surface area contributed by atoms with Gasteiger partial charge in [-0.1, -0.05) is 35.0 Å². The van der Waals surface area contributed by atoms with Gasteiger partial charge < -0.3 is 5.73 Å². The van der Waals surface area contributed by atoms with Crippen LogP contribution in [0.1, 0.15) is 0 Å². The summed E-state index contributed by atoms with van der Waals surface area (Å²) in [5, 5.41) is 9.68. The number of rotatable bonds is 2. The van der Waals surface area contributed by atoms with Crippen LogP contribution in [0.4, 0.5) is 5.82 Å². The third kappa shape index (κ3) is 2.78. The standard InChI is InChI=1S/C10H7Cl2N3S/c11-6-1-2-7(12)8(5-6)16-10-4-3-9(13)14-15-10/h1-5H,(H2,13,14). The second kappa shape index (κ2) is 4.91. The molecule has 0 spiro atoms. The molecule has 0 fully saturated rings. The van der Waals surface area contributed by atoms with Crippen molar-refractivity contribution in [3.05, 3.63) is 40.4 Å². The lowest BCUT2D eigenvalue weighted by atomic mass is 10.4. The first-order valence-electron chi connectivity index (χ1n) is 4.37. The van der Waals surface area contributed by atoms with E-state index in [4.69, 9.17) is 28.9 Å². The minimum atomic E-state index is 0.390. The number of halogens is 2. The van der Waals surface area contributed by atoms with E-state index in [1.54, 1.807) is 30.3 Å². The molecule has 1 heterocycles. The van der Waals surface area contributed by atoms with Gasteiger partial charge in [-0.2, -0.15) is 0 Å². The van der Waals surface area contributed by atoms with Gasteiger partial charge in [0.2, 0.25) is 0 Å². The quantitative estimate of drug-likeness (QED) is 0.908. The van der Waals surface area contributed by atoms with E-state index < -0.39 is 0 Å². The fraction of sp³-hybridized carbons (Fsp3) is 0. The van der Waals surface area contributed by atoms with Crippen LogP contribution in [0, 0.1) is 0 Å². The molecular formula is C10H7Cl2N3S. The number of benzene rings is 1. The number of hydrogen-bond acceptors (Lipinski definition) is 4. The largest absolute Gasteiger partial charge is 0.382 e. The van der Waals surface area contributed by atoms with Gasteiger partial charge in [0.1, 0.15) is 10.8 Å². The Morgan fingerprint density at radius 1 is 1.06 bits per heavy atom. The number of nitrogens with zero attached hydrogens (tertiary/aromatic N) is 2. The van der Waals surface area contributed by atoms with Gasteiger partial charge in [0.25, 0.3) is 0 Å². The van der Waals surface area contributed by atoms with Crippen LogP contribution in [0.3, 0.4) is 0 Å². The second-order valence-electron chi connectivity index (χ2n) is 2.97. The van der Waals surface area contributed by atoms with Gasteiger partial charge in [-0.3, -0.25) is 0 Å². The number of nitrogens with two attached hydrogens (primary N) is 1. The monoisotopic (exact) mass is 271 g/mol. The maximum Gasteiger partial charge on any atom is 0.146 e. The summed E-state index contributed by atoms with van der Waals surface area (Å²) < 4.78 is 0. The van der Waals surface area contributed by atoms with Gasteiger partial charge in [0.15, 0.2) is 0 Å². The van der Waals surface area contributed by atoms with Crippen molar-refractivity contribution in [2.75, 3.05) is 5.73 Å². The van der Waals surface area contributed by atoms with Gasteiger partial charge in [-0.25, -0.2) is 0 Å². The van der Waals surface area contributed by atoms with Gasteiger partial charge in [0, 0.05) is 9.92 Å². The molecule has 0 aliphatic rings. The lowest BCUT2D eigenvalue weighted by Gasteiger charge is -2.03. The smallest absolute Gasteiger partial charge is 0.146 e. The molecule has 0 atom stereocenters. The van der Waals surface area contributed by atoms with Gasteiger partial charge >= 0.3 is 0 Å². The molecule has 1 aromatic carbocycles. The Hall–Kier alpha value is -0.970. The van der Waals surface area contributed by atoms with Crippen LogP contribution in [0.15, 0.2) is 40.3 Å². The minimum absolute atomic E-state index is 0.390. The number of hydrogen-bond donors (Lipinski definition) is 1. The Kier molecular flexibility index (Phi) is 3.53. The Morgan fingerprint density at radius 2 is 1.88 bits per heavy atom. The van der Waals surface area contributed by atoms with Gasteiger partial charge in [-0.15, -0.1) is 10.2 Å². The highest BCUT2D eigenvalue weighted by Crippen LogP contribution is 2.33. The first-order valence-corrected chi connectivity index (χ1v) is 5.94. The molecule has 0 amide bonds. The summed E-state index contributed by atoms with van der Waals surface area (Å²) in [6.07, 6.45) is 0. The predicted molar refractivity (Wildman–Crippen MR) is 67.0 cm³/mol. The molecule has 0 aliphatic carbocycles. The van der Waals surface area contributed by atoms with Crippen molar-refractivity contribution in [2.24, 2.45) is 0 Å². The van der Waals surface area contributed by atoms with E-state index in [9.17, 15) is 0 Å².